The Bertz CT molecular complexity index is 552. The molecule has 1 saturated carbocycles. The highest BCUT2D eigenvalue weighted by Gasteiger charge is 2.25. The molecule has 1 aliphatic carbocycles. The van der Waals surface area contributed by atoms with Crippen molar-refractivity contribution in [3.8, 4) is 0 Å². The van der Waals surface area contributed by atoms with Crippen molar-refractivity contribution < 1.29 is 9.21 Å². The van der Waals surface area contributed by atoms with Crippen LogP contribution in [0.2, 0.25) is 0 Å². The Kier molecular flexibility index (Phi) is 3.11. The number of hydrogen-bond donors (Lipinski definition) is 2. The van der Waals surface area contributed by atoms with Crippen LogP contribution >= 0.6 is 0 Å². The second-order valence-electron chi connectivity index (χ2n) is 5.08. The lowest BCUT2D eigenvalue weighted by Crippen LogP contribution is -2.32. The Hall–Kier alpha value is -2.04. The molecule has 100 valence electrons. The summed E-state index contributed by atoms with van der Waals surface area (Å²) in [6.07, 6.45) is 3.53. The van der Waals surface area contributed by atoms with Crippen LogP contribution in [0.15, 0.2) is 28.7 Å². The van der Waals surface area contributed by atoms with Gasteiger partial charge in [-0.25, -0.2) is 0 Å². The van der Waals surface area contributed by atoms with E-state index in [2.05, 4.69) is 10.3 Å². The number of benzene rings is 1. The number of nitrogens with two attached hydrogens (primary N) is 1. The average Bonchev–Trinajstić information content (AvgIpc) is 2.81. The van der Waals surface area contributed by atoms with E-state index in [1.807, 2.05) is 24.3 Å². The van der Waals surface area contributed by atoms with E-state index in [9.17, 15) is 4.79 Å². The fraction of sp³-hybridized carbons (Fsp3) is 0.429. The van der Waals surface area contributed by atoms with Gasteiger partial charge in [0.05, 0.1) is 0 Å². The lowest BCUT2D eigenvalue weighted by atomic mass is 9.86. The SMILES string of the molecule is NC(=O)C1CCC(Nc2nc3ccccc3o2)CC1. The van der Waals surface area contributed by atoms with Crippen LogP contribution in [0.25, 0.3) is 11.1 Å². The Morgan fingerprint density at radius 3 is 2.68 bits per heavy atom. The highest BCUT2D eigenvalue weighted by molar-refractivity contribution is 5.76. The zero-order valence-electron chi connectivity index (χ0n) is 10.6. The lowest BCUT2D eigenvalue weighted by Gasteiger charge is -2.26. The maximum atomic E-state index is 11.1. The van der Waals surface area contributed by atoms with Crippen molar-refractivity contribution in [3.63, 3.8) is 0 Å². The Morgan fingerprint density at radius 2 is 2.00 bits per heavy atom. The molecule has 5 heteroatoms. The fourth-order valence-corrected chi connectivity index (χ4v) is 2.63. The predicted molar refractivity (Wildman–Crippen MR) is 72.6 cm³/mol. The molecule has 5 nitrogen and oxygen atoms in total. The van der Waals surface area contributed by atoms with Gasteiger partial charge in [0.25, 0.3) is 6.01 Å². The molecule has 0 bridgehead atoms. The summed E-state index contributed by atoms with van der Waals surface area (Å²) in [4.78, 5) is 15.5. The Balaban J connectivity index is 1.64. The first-order valence-electron chi connectivity index (χ1n) is 6.64. The molecule has 0 radical (unpaired) electrons. The van der Waals surface area contributed by atoms with Crippen LogP contribution in [0.3, 0.4) is 0 Å². The third-order valence-electron chi connectivity index (χ3n) is 3.75. The van der Waals surface area contributed by atoms with Crippen LogP contribution in [0, 0.1) is 5.92 Å². The predicted octanol–water partition coefficient (Wildman–Crippen LogP) is 2.28. The van der Waals surface area contributed by atoms with Gasteiger partial charge in [0.2, 0.25) is 5.91 Å². The van der Waals surface area contributed by atoms with Gasteiger partial charge in [-0.05, 0) is 37.8 Å². The van der Waals surface area contributed by atoms with E-state index >= 15 is 0 Å². The van der Waals surface area contributed by atoms with E-state index in [1.165, 1.54) is 0 Å². The Labute approximate surface area is 111 Å². The molecule has 19 heavy (non-hydrogen) atoms. The third kappa shape index (κ3) is 2.54. The molecule has 0 saturated heterocycles. The number of oxazole rings is 1. The number of nitrogens with zero attached hydrogens (tertiary/aromatic N) is 1. The molecule has 0 unspecified atom stereocenters. The number of amides is 1. The number of primary amides is 1. The average molecular weight is 259 g/mol. The van der Waals surface area contributed by atoms with Gasteiger partial charge >= 0.3 is 0 Å². The number of para-hydroxylation sites is 2. The minimum Gasteiger partial charge on any atom is -0.424 e. The summed E-state index contributed by atoms with van der Waals surface area (Å²) in [6, 6.07) is 8.56. The summed E-state index contributed by atoms with van der Waals surface area (Å²) >= 11 is 0. The van der Waals surface area contributed by atoms with Crippen LogP contribution in [0.5, 0.6) is 0 Å². The molecule has 3 rings (SSSR count). The van der Waals surface area contributed by atoms with Crippen molar-refractivity contribution >= 4 is 23.0 Å². The molecule has 1 amide bonds. The molecule has 0 spiro atoms. The second-order valence-corrected chi connectivity index (χ2v) is 5.08. The van der Waals surface area contributed by atoms with Gasteiger partial charge < -0.3 is 15.5 Å². The van der Waals surface area contributed by atoms with Crippen LogP contribution in [0.4, 0.5) is 6.01 Å². The van der Waals surface area contributed by atoms with E-state index in [1.54, 1.807) is 0 Å². The molecule has 0 atom stereocenters. The van der Waals surface area contributed by atoms with Gasteiger partial charge in [0, 0.05) is 12.0 Å². The van der Waals surface area contributed by atoms with Crippen molar-refractivity contribution in [1.29, 1.82) is 0 Å². The first-order valence-corrected chi connectivity index (χ1v) is 6.64. The van der Waals surface area contributed by atoms with E-state index in [0.717, 1.165) is 36.8 Å². The van der Waals surface area contributed by atoms with Gasteiger partial charge in [-0.3, -0.25) is 4.79 Å². The number of carbonyl (C=O) groups excluding carboxylic acids is 1. The van der Waals surface area contributed by atoms with Gasteiger partial charge in [-0.15, -0.1) is 0 Å². The normalized spacial score (nSPS) is 23.4. The quantitative estimate of drug-likeness (QED) is 0.886. The number of rotatable bonds is 3. The second kappa shape index (κ2) is 4.91. The van der Waals surface area contributed by atoms with E-state index < -0.39 is 0 Å². The third-order valence-corrected chi connectivity index (χ3v) is 3.75. The fourth-order valence-electron chi connectivity index (χ4n) is 2.63. The molecule has 1 aromatic carbocycles. The van der Waals surface area contributed by atoms with E-state index in [-0.39, 0.29) is 11.8 Å². The number of anilines is 1. The van der Waals surface area contributed by atoms with Crippen molar-refractivity contribution in [1.82, 2.24) is 4.98 Å². The first-order chi connectivity index (χ1) is 9.22. The molecular formula is C14H17N3O2. The summed E-state index contributed by atoms with van der Waals surface area (Å²) < 4.78 is 5.63. The molecule has 0 aliphatic heterocycles. The van der Waals surface area contributed by atoms with Crippen molar-refractivity contribution in [3.05, 3.63) is 24.3 Å². The maximum absolute atomic E-state index is 11.1. The number of nitrogens with one attached hydrogen (secondary N) is 1. The van der Waals surface area contributed by atoms with Crippen molar-refractivity contribution in [2.75, 3.05) is 5.32 Å². The van der Waals surface area contributed by atoms with Crippen LogP contribution in [-0.4, -0.2) is 16.9 Å². The van der Waals surface area contributed by atoms with Crippen molar-refractivity contribution in [2.24, 2.45) is 11.7 Å². The number of hydrogen-bond acceptors (Lipinski definition) is 4. The molecular weight excluding hydrogens is 242 g/mol. The molecule has 1 aliphatic rings. The highest BCUT2D eigenvalue weighted by atomic mass is 16.4. The van der Waals surface area contributed by atoms with Gasteiger partial charge in [0.15, 0.2) is 5.58 Å². The molecule has 1 fully saturated rings. The highest BCUT2D eigenvalue weighted by Crippen LogP contribution is 2.27. The Morgan fingerprint density at radius 1 is 1.26 bits per heavy atom. The van der Waals surface area contributed by atoms with Gasteiger partial charge in [-0.2, -0.15) is 4.98 Å². The molecule has 1 aromatic heterocycles. The molecule has 3 N–H and O–H groups in total. The smallest absolute Gasteiger partial charge is 0.295 e. The van der Waals surface area contributed by atoms with Gasteiger partial charge in [-0.1, -0.05) is 12.1 Å². The number of fused-ring (bicyclic) bond motifs is 1. The summed E-state index contributed by atoms with van der Waals surface area (Å²) in [7, 11) is 0. The summed E-state index contributed by atoms with van der Waals surface area (Å²) in [5.74, 6) is -0.151. The minimum absolute atomic E-state index is 0.0293. The summed E-state index contributed by atoms with van der Waals surface area (Å²) in [6.45, 7) is 0. The topological polar surface area (TPSA) is 81.2 Å². The van der Waals surface area contributed by atoms with E-state index in [0.29, 0.717) is 12.1 Å². The first kappa shape index (κ1) is 12.0. The summed E-state index contributed by atoms with van der Waals surface area (Å²) in [5, 5.41) is 3.30. The van der Waals surface area contributed by atoms with E-state index in [4.69, 9.17) is 10.2 Å². The maximum Gasteiger partial charge on any atom is 0.295 e. The largest absolute Gasteiger partial charge is 0.424 e. The zero-order chi connectivity index (χ0) is 13.2. The number of aromatic nitrogens is 1. The van der Waals surface area contributed by atoms with Crippen LogP contribution in [-0.2, 0) is 4.79 Å². The molecule has 2 aromatic rings. The number of carbonyl (C=O) groups is 1. The summed E-state index contributed by atoms with van der Waals surface area (Å²) in [5.41, 5.74) is 6.97. The minimum atomic E-state index is -0.180. The van der Waals surface area contributed by atoms with Crippen LogP contribution < -0.4 is 11.1 Å². The zero-order valence-corrected chi connectivity index (χ0v) is 10.6. The monoisotopic (exact) mass is 259 g/mol. The van der Waals surface area contributed by atoms with Crippen molar-refractivity contribution in [2.45, 2.75) is 31.7 Å². The van der Waals surface area contributed by atoms with Gasteiger partial charge in [0.1, 0.15) is 5.52 Å². The standard InChI is InChI=1S/C14H17N3O2/c15-13(18)9-5-7-10(8-6-9)16-14-17-11-3-1-2-4-12(11)19-14/h1-4,9-10H,5-8H2,(H2,15,18)(H,16,17). The molecule has 1 heterocycles. The van der Waals surface area contributed by atoms with Crippen LogP contribution in [0.1, 0.15) is 25.7 Å². The lowest BCUT2D eigenvalue weighted by molar-refractivity contribution is -0.122.